The van der Waals surface area contributed by atoms with E-state index in [0.717, 1.165) is 69.7 Å². The molecule has 0 bridgehead atoms. The van der Waals surface area contributed by atoms with Gasteiger partial charge in [-0.2, -0.15) is 0 Å². The minimum atomic E-state index is -0.191. The number of fused-ring (bicyclic) bond motifs is 1. The molecule has 0 N–H and O–H groups in total. The molecule has 0 spiro atoms. The second kappa shape index (κ2) is 9.43. The van der Waals surface area contributed by atoms with Crippen LogP contribution < -0.4 is 5.56 Å². The fraction of sp³-hybridized carbons (Fsp3) is 0.556. The van der Waals surface area contributed by atoms with Crippen LogP contribution in [-0.4, -0.2) is 65.7 Å². The SMILES string of the molecule is Cc1ccn(-c2cccc3c2CCC3)c(=O)c1C(=O)N1CCC(C(C)N2CCOCC2)CC1. The fourth-order valence-corrected chi connectivity index (χ4v) is 5.93. The first-order chi connectivity index (χ1) is 16.0. The highest BCUT2D eigenvalue weighted by Crippen LogP contribution is 2.28. The van der Waals surface area contributed by atoms with Gasteiger partial charge in [0.1, 0.15) is 5.56 Å². The molecule has 1 unspecified atom stereocenters. The first-order valence-corrected chi connectivity index (χ1v) is 12.5. The summed E-state index contributed by atoms with van der Waals surface area (Å²) in [5.74, 6) is 0.462. The first-order valence-electron chi connectivity index (χ1n) is 12.5. The third kappa shape index (κ3) is 4.26. The summed E-state index contributed by atoms with van der Waals surface area (Å²) >= 11 is 0. The van der Waals surface area contributed by atoms with Gasteiger partial charge in [-0.05, 0) is 80.7 Å². The average molecular weight is 450 g/mol. The lowest BCUT2D eigenvalue weighted by Gasteiger charge is -2.41. The number of rotatable bonds is 4. The normalized spacial score (nSPS) is 20.6. The highest BCUT2D eigenvalue weighted by Gasteiger charge is 2.32. The molecule has 6 nitrogen and oxygen atoms in total. The number of benzene rings is 1. The van der Waals surface area contributed by atoms with Crippen LogP contribution in [0.2, 0.25) is 0 Å². The third-order valence-corrected chi connectivity index (χ3v) is 8.03. The maximum atomic E-state index is 13.6. The van der Waals surface area contributed by atoms with Gasteiger partial charge in [-0.15, -0.1) is 0 Å². The Labute approximate surface area is 196 Å². The third-order valence-electron chi connectivity index (χ3n) is 8.03. The zero-order valence-electron chi connectivity index (χ0n) is 19.9. The quantitative estimate of drug-likeness (QED) is 0.719. The lowest BCUT2D eigenvalue weighted by molar-refractivity contribution is -0.000967. The summed E-state index contributed by atoms with van der Waals surface area (Å²) in [6.45, 7) is 9.23. The number of hydrogen-bond donors (Lipinski definition) is 0. The van der Waals surface area contributed by atoms with Crippen LogP contribution in [0.4, 0.5) is 0 Å². The number of carbonyl (C=O) groups excluding carboxylic acids is 1. The summed E-state index contributed by atoms with van der Waals surface area (Å²) < 4.78 is 7.19. The molecule has 1 amide bonds. The van der Waals surface area contributed by atoms with Crippen LogP contribution in [0.5, 0.6) is 0 Å². The van der Waals surface area contributed by atoms with Crippen molar-refractivity contribution in [2.24, 2.45) is 5.92 Å². The van der Waals surface area contributed by atoms with Crippen molar-refractivity contribution in [1.29, 1.82) is 0 Å². The van der Waals surface area contributed by atoms with Gasteiger partial charge in [0.05, 0.1) is 18.9 Å². The number of carbonyl (C=O) groups is 1. The van der Waals surface area contributed by atoms with Crippen LogP contribution in [0.15, 0.2) is 35.3 Å². The Balaban J connectivity index is 1.34. The van der Waals surface area contributed by atoms with Crippen molar-refractivity contribution in [3.8, 4) is 5.69 Å². The number of pyridine rings is 1. The second-order valence-electron chi connectivity index (χ2n) is 9.84. The number of amides is 1. The van der Waals surface area contributed by atoms with E-state index in [1.54, 1.807) is 4.57 Å². The predicted molar refractivity (Wildman–Crippen MR) is 129 cm³/mol. The van der Waals surface area contributed by atoms with Crippen molar-refractivity contribution >= 4 is 5.91 Å². The Hall–Kier alpha value is -2.44. The van der Waals surface area contributed by atoms with Crippen molar-refractivity contribution in [2.45, 2.75) is 52.0 Å². The highest BCUT2D eigenvalue weighted by molar-refractivity contribution is 5.95. The van der Waals surface area contributed by atoms with E-state index in [4.69, 9.17) is 4.74 Å². The van der Waals surface area contributed by atoms with Gasteiger partial charge >= 0.3 is 0 Å². The van der Waals surface area contributed by atoms with Gasteiger partial charge in [0.2, 0.25) is 0 Å². The van der Waals surface area contributed by atoms with Crippen LogP contribution in [0.1, 0.15) is 53.2 Å². The number of likely N-dealkylation sites (tertiary alicyclic amines) is 1. The Morgan fingerprint density at radius 2 is 1.82 bits per heavy atom. The van der Waals surface area contributed by atoms with Gasteiger partial charge in [-0.1, -0.05) is 12.1 Å². The standard InChI is InChI=1S/C27H35N3O3/c1-19-9-14-30(24-8-4-6-22-5-3-7-23(22)24)27(32)25(19)26(31)29-12-10-21(11-13-29)20(2)28-15-17-33-18-16-28/h4,6,8-9,14,20-21H,3,5,7,10-13,15-18H2,1-2H3. The maximum Gasteiger partial charge on any atom is 0.268 e. The Morgan fingerprint density at radius 3 is 2.58 bits per heavy atom. The number of aromatic nitrogens is 1. The van der Waals surface area contributed by atoms with Crippen molar-refractivity contribution in [1.82, 2.24) is 14.4 Å². The molecule has 0 radical (unpaired) electrons. The van der Waals surface area contributed by atoms with E-state index in [9.17, 15) is 9.59 Å². The lowest BCUT2D eigenvalue weighted by Crippen LogP contribution is -2.49. The van der Waals surface area contributed by atoms with Gasteiger partial charge < -0.3 is 9.64 Å². The van der Waals surface area contributed by atoms with Crippen molar-refractivity contribution in [2.75, 3.05) is 39.4 Å². The van der Waals surface area contributed by atoms with Gasteiger partial charge in [-0.25, -0.2) is 0 Å². The van der Waals surface area contributed by atoms with Crippen LogP contribution in [0.3, 0.4) is 0 Å². The van der Waals surface area contributed by atoms with E-state index < -0.39 is 0 Å². The Bertz CT molecular complexity index is 1080. The average Bonchev–Trinajstić information content (AvgIpc) is 3.34. The van der Waals surface area contributed by atoms with Crippen LogP contribution in [0.25, 0.3) is 5.69 Å². The molecule has 3 heterocycles. The molecular formula is C27H35N3O3. The zero-order valence-corrected chi connectivity index (χ0v) is 19.9. The number of aryl methyl sites for hydroxylation is 2. The van der Waals surface area contributed by atoms with Crippen molar-refractivity contribution < 1.29 is 9.53 Å². The molecule has 2 aliphatic heterocycles. The molecule has 176 valence electrons. The van der Waals surface area contributed by atoms with Gasteiger partial charge in [-0.3, -0.25) is 19.1 Å². The molecule has 2 aromatic rings. The molecule has 3 aliphatic rings. The molecular weight excluding hydrogens is 414 g/mol. The summed E-state index contributed by atoms with van der Waals surface area (Å²) in [7, 11) is 0. The molecule has 5 rings (SSSR count). The van der Waals surface area contributed by atoms with Crippen LogP contribution in [0, 0.1) is 12.8 Å². The fourth-order valence-electron chi connectivity index (χ4n) is 5.93. The predicted octanol–water partition coefficient (Wildman–Crippen LogP) is 3.21. The molecule has 2 saturated heterocycles. The van der Waals surface area contributed by atoms with E-state index in [-0.39, 0.29) is 11.5 Å². The lowest BCUT2D eigenvalue weighted by atomic mass is 9.89. The minimum Gasteiger partial charge on any atom is -0.379 e. The molecule has 6 heteroatoms. The second-order valence-corrected chi connectivity index (χ2v) is 9.84. The number of nitrogens with zero attached hydrogens (tertiary/aromatic N) is 3. The number of hydrogen-bond acceptors (Lipinski definition) is 4. The topological polar surface area (TPSA) is 54.8 Å². The smallest absolute Gasteiger partial charge is 0.268 e. The highest BCUT2D eigenvalue weighted by atomic mass is 16.5. The largest absolute Gasteiger partial charge is 0.379 e. The number of ether oxygens (including phenoxy) is 1. The monoisotopic (exact) mass is 449 g/mol. The van der Waals surface area contributed by atoms with E-state index in [2.05, 4.69) is 17.9 Å². The zero-order chi connectivity index (χ0) is 22.9. The van der Waals surface area contributed by atoms with Gasteiger partial charge in [0, 0.05) is 38.4 Å². The molecule has 1 atom stereocenters. The summed E-state index contributed by atoms with van der Waals surface area (Å²) in [6, 6.07) is 8.60. The Kier molecular flexibility index (Phi) is 6.39. The van der Waals surface area contributed by atoms with E-state index in [1.807, 2.05) is 36.2 Å². The molecule has 1 aromatic carbocycles. The van der Waals surface area contributed by atoms with Crippen LogP contribution >= 0.6 is 0 Å². The maximum absolute atomic E-state index is 13.6. The number of piperidine rings is 1. The van der Waals surface area contributed by atoms with Gasteiger partial charge in [0.25, 0.3) is 11.5 Å². The summed E-state index contributed by atoms with van der Waals surface area (Å²) in [4.78, 5) is 31.5. The number of morpholine rings is 1. The van der Waals surface area contributed by atoms with Gasteiger partial charge in [0.15, 0.2) is 0 Å². The summed E-state index contributed by atoms with van der Waals surface area (Å²) in [5.41, 5.74) is 4.40. The summed E-state index contributed by atoms with van der Waals surface area (Å²) in [6.07, 6.45) is 6.97. The molecule has 33 heavy (non-hydrogen) atoms. The van der Waals surface area contributed by atoms with Crippen LogP contribution in [-0.2, 0) is 17.6 Å². The molecule has 0 saturated carbocycles. The Morgan fingerprint density at radius 1 is 1.06 bits per heavy atom. The van der Waals surface area contributed by atoms with Crippen molar-refractivity contribution in [3.63, 3.8) is 0 Å². The van der Waals surface area contributed by atoms with Crippen molar-refractivity contribution in [3.05, 3.63) is 63.1 Å². The minimum absolute atomic E-state index is 0.114. The van der Waals surface area contributed by atoms with E-state index in [1.165, 1.54) is 11.1 Å². The molecule has 2 fully saturated rings. The molecule has 1 aromatic heterocycles. The molecule has 1 aliphatic carbocycles. The van der Waals surface area contributed by atoms with E-state index >= 15 is 0 Å². The first kappa shape index (κ1) is 22.4. The summed E-state index contributed by atoms with van der Waals surface area (Å²) in [5, 5.41) is 0. The van der Waals surface area contributed by atoms with E-state index in [0.29, 0.717) is 30.6 Å².